The number of hydrogen-bond donors (Lipinski definition) is 2. The molecule has 20 heavy (non-hydrogen) atoms. The van der Waals surface area contributed by atoms with Crippen molar-refractivity contribution in [1.29, 1.82) is 0 Å². The van der Waals surface area contributed by atoms with E-state index in [4.69, 9.17) is 0 Å². The Morgan fingerprint density at radius 3 is 2.85 bits per heavy atom. The molecule has 0 aliphatic heterocycles. The molecular weight excluding hydrogens is 298 g/mol. The summed E-state index contributed by atoms with van der Waals surface area (Å²) in [5.74, 6) is 1.06. The number of rotatable bonds is 6. The van der Waals surface area contributed by atoms with Crippen molar-refractivity contribution in [1.82, 2.24) is 24.2 Å². The summed E-state index contributed by atoms with van der Waals surface area (Å²) in [4.78, 5) is 5.20. The molecule has 2 rings (SSSR count). The van der Waals surface area contributed by atoms with Crippen LogP contribution in [-0.4, -0.2) is 41.0 Å². The zero-order valence-corrected chi connectivity index (χ0v) is 13.1. The summed E-state index contributed by atoms with van der Waals surface area (Å²) in [6.45, 7) is 3.70. The van der Waals surface area contributed by atoms with Gasteiger partial charge in [0.15, 0.2) is 5.82 Å². The number of aromatic nitrogens is 3. The molecule has 9 heteroatoms. The molecule has 0 aromatic carbocycles. The number of thiophene rings is 1. The number of H-pyrrole nitrogens is 1. The first-order valence-corrected chi connectivity index (χ1v) is 8.40. The summed E-state index contributed by atoms with van der Waals surface area (Å²) in [5, 5.41) is 8.74. The molecule has 2 N–H and O–H groups in total. The lowest BCUT2D eigenvalue weighted by Gasteiger charge is -2.20. The fourth-order valence-corrected chi connectivity index (χ4v) is 3.16. The van der Waals surface area contributed by atoms with Crippen LogP contribution in [0.3, 0.4) is 0 Å². The van der Waals surface area contributed by atoms with Gasteiger partial charge in [0.1, 0.15) is 5.82 Å². The second-order valence-electron chi connectivity index (χ2n) is 4.52. The van der Waals surface area contributed by atoms with Crippen molar-refractivity contribution in [3.05, 3.63) is 23.3 Å². The molecule has 2 aromatic heterocycles. The largest absolute Gasteiger partial charge is 0.279 e. The Kier molecular flexibility index (Phi) is 4.53. The van der Waals surface area contributed by atoms with Gasteiger partial charge in [0.2, 0.25) is 0 Å². The van der Waals surface area contributed by atoms with E-state index in [2.05, 4.69) is 19.9 Å². The molecular formula is C11H17N5O2S2. The van der Waals surface area contributed by atoms with E-state index in [1.54, 1.807) is 0 Å². The Morgan fingerprint density at radius 1 is 1.50 bits per heavy atom. The molecule has 2 aromatic rings. The van der Waals surface area contributed by atoms with Crippen molar-refractivity contribution < 1.29 is 8.42 Å². The highest BCUT2D eigenvalue weighted by Gasteiger charge is 2.20. The molecule has 0 aliphatic rings. The predicted molar refractivity (Wildman–Crippen MR) is 78.4 cm³/mol. The summed E-state index contributed by atoms with van der Waals surface area (Å²) < 4.78 is 27.6. The Hall–Kier alpha value is -1.29. The maximum atomic E-state index is 11.9. The second kappa shape index (κ2) is 6.00. The Morgan fingerprint density at radius 2 is 2.25 bits per heavy atom. The monoisotopic (exact) mass is 315 g/mol. The van der Waals surface area contributed by atoms with Crippen molar-refractivity contribution in [2.24, 2.45) is 0 Å². The van der Waals surface area contributed by atoms with Crippen molar-refractivity contribution in [3.63, 3.8) is 0 Å². The highest BCUT2D eigenvalue weighted by Crippen LogP contribution is 2.20. The van der Waals surface area contributed by atoms with E-state index in [1.165, 1.54) is 22.7 Å². The average molecular weight is 315 g/mol. The third-order valence-corrected chi connectivity index (χ3v) is 5.36. The van der Waals surface area contributed by atoms with E-state index >= 15 is 0 Å². The first kappa shape index (κ1) is 15.1. The van der Waals surface area contributed by atoms with Gasteiger partial charge >= 0.3 is 0 Å². The van der Waals surface area contributed by atoms with E-state index in [1.807, 2.05) is 31.4 Å². The zero-order valence-electron chi connectivity index (χ0n) is 11.5. The van der Waals surface area contributed by atoms with Gasteiger partial charge in [0.05, 0.1) is 11.4 Å². The molecule has 0 spiro atoms. The second-order valence-corrected chi connectivity index (χ2v) is 7.28. The fourth-order valence-electron chi connectivity index (χ4n) is 1.43. The quantitative estimate of drug-likeness (QED) is 0.838. The fraction of sp³-hybridized carbons (Fsp3) is 0.455. The molecule has 0 aliphatic carbocycles. The van der Waals surface area contributed by atoms with E-state index < -0.39 is 10.2 Å². The summed E-state index contributed by atoms with van der Waals surface area (Å²) in [7, 11) is -1.97. The van der Waals surface area contributed by atoms with Gasteiger partial charge in [-0.2, -0.15) is 22.5 Å². The minimum absolute atomic E-state index is 0.0811. The highest BCUT2D eigenvalue weighted by molar-refractivity contribution is 7.87. The number of nitrogens with zero attached hydrogens (tertiary/aromatic N) is 3. The highest BCUT2D eigenvalue weighted by atomic mass is 32.2. The molecule has 0 radical (unpaired) electrons. The van der Waals surface area contributed by atoms with Crippen molar-refractivity contribution in [2.75, 3.05) is 7.05 Å². The van der Waals surface area contributed by atoms with E-state index in [-0.39, 0.29) is 12.6 Å². The first-order chi connectivity index (χ1) is 9.40. The van der Waals surface area contributed by atoms with Gasteiger partial charge in [-0.15, -0.1) is 11.3 Å². The third-order valence-electron chi connectivity index (χ3n) is 2.80. The third kappa shape index (κ3) is 3.42. The standard InChI is InChI=1S/C11H17N5O2S2/c1-8(2)16(3)20(17,18)12-7-10-13-11(15-14-10)9-5-4-6-19-9/h4-6,8,12H,7H2,1-3H3,(H,13,14,15). The molecule has 0 unspecified atom stereocenters. The molecule has 0 saturated heterocycles. The SMILES string of the molecule is CC(C)N(C)S(=O)(=O)NCc1nc(-c2cccs2)n[nH]1. The molecule has 7 nitrogen and oxygen atoms in total. The number of hydrogen-bond acceptors (Lipinski definition) is 5. The van der Waals surface area contributed by atoms with Crippen LogP contribution in [0, 0.1) is 0 Å². The first-order valence-electron chi connectivity index (χ1n) is 6.08. The molecule has 0 fully saturated rings. The van der Waals surface area contributed by atoms with Crippen LogP contribution in [0.25, 0.3) is 10.7 Å². The van der Waals surface area contributed by atoms with E-state index in [9.17, 15) is 8.42 Å². The van der Waals surface area contributed by atoms with Crippen molar-refractivity contribution in [2.45, 2.75) is 26.4 Å². The zero-order chi connectivity index (χ0) is 14.8. The lowest BCUT2D eigenvalue weighted by molar-refractivity contribution is 0.402. The summed E-state index contributed by atoms with van der Waals surface area (Å²) in [5.41, 5.74) is 0. The van der Waals surface area contributed by atoms with E-state index in [0.717, 1.165) is 4.88 Å². The van der Waals surface area contributed by atoms with Crippen LogP contribution in [0.15, 0.2) is 17.5 Å². The van der Waals surface area contributed by atoms with Crippen molar-refractivity contribution >= 4 is 21.5 Å². The molecule has 0 saturated carbocycles. The predicted octanol–water partition coefficient (Wildman–Crippen LogP) is 1.21. The van der Waals surface area contributed by atoms with Crippen LogP contribution in [0.1, 0.15) is 19.7 Å². The molecule has 0 atom stereocenters. The van der Waals surface area contributed by atoms with Crippen LogP contribution in [-0.2, 0) is 16.8 Å². The van der Waals surface area contributed by atoms with Crippen LogP contribution in [0.4, 0.5) is 0 Å². The van der Waals surface area contributed by atoms with Crippen LogP contribution < -0.4 is 4.72 Å². The summed E-state index contributed by atoms with van der Waals surface area (Å²) >= 11 is 1.53. The van der Waals surface area contributed by atoms with Crippen LogP contribution in [0.5, 0.6) is 0 Å². The van der Waals surface area contributed by atoms with Gasteiger partial charge in [-0.1, -0.05) is 6.07 Å². The average Bonchev–Trinajstić information content (AvgIpc) is 3.05. The molecule has 0 amide bonds. The minimum Gasteiger partial charge on any atom is -0.262 e. The van der Waals surface area contributed by atoms with Gasteiger partial charge in [0.25, 0.3) is 10.2 Å². The van der Waals surface area contributed by atoms with Gasteiger partial charge < -0.3 is 0 Å². The van der Waals surface area contributed by atoms with Crippen LogP contribution in [0.2, 0.25) is 0 Å². The van der Waals surface area contributed by atoms with Crippen molar-refractivity contribution in [3.8, 4) is 10.7 Å². The lowest BCUT2D eigenvalue weighted by atomic mass is 10.4. The molecule has 2 heterocycles. The maximum absolute atomic E-state index is 11.9. The van der Waals surface area contributed by atoms with Gasteiger partial charge in [-0.3, -0.25) is 5.10 Å². The molecule has 0 bridgehead atoms. The summed E-state index contributed by atoms with van der Waals surface area (Å²) in [6, 6.07) is 3.72. The Labute approximate surface area is 122 Å². The van der Waals surface area contributed by atoms with E-state index in [0.29, 0.717) is 11.6 Å². The Balaban J connectivity index is 2.02. The smallest absolute Gasteiger partial charge is 0.262 e. The van der Waals surface area contributed by atoms with Gasteiger partial charge in [-0.05, 0) is 25.3 Å². The Bertz CT molecular complexity index is 648. The maximum Gasteiger partial charge on any atom is 0.279 e. The van der Waals surface area contributed by atoms with Crippen LogP contribution >= 0.6 is 11.3 Å². The van der Waals surface area contributed by atoms with Gasteiger partial charge in [-0.25, -0.2) is 4.98 Å². The topological polar surface area (TPSA) is 91.0 Å². The minimum atomic E-state index is -3.50. The number of aromatic amines is 1. The number of nitrogens with one attached hydrogen (secondary N) is 2. The molecule has 110 valence electrons. The lowest BCUT2D eigenvalue weighted by Crippen LogP contribution is -2.41. The normalized spacial score (nSPS) is 12.4. The summed E-state index contributed by atoms with van der Waals surface area (Å²) in [6.07, 6.45) is 0. The van der Waals surface area contributed by atoms with Gasteiger partial charge in [0, 0.05) is 13.1 Å².